The van der Waals surface area contributed by atoms with Gasteiger partial charge >= 0.3 is 5.97 Å². The van der Waals surface area contributed by atoms with Gasteiger partial charge in [-0.1, -0.05) is 5.16 Å². The Morgan fingerprint density at radius 3 is 2.31 bits per heavy atom. The third-order valence-corrected chi connectivity index (χ3v) is 5.87. The highest BCUT2D eigenvalue weighted by Crippen LogP contribution is 2.27. The summed E-state index contributed by atoms with van der Waals surface area (Å²) in [5.41, 5.74) is -0.888. The number of nitrogens with one attached hydrogen (secondary N) is 1. The number of nitrogens with zero attached hydrogens (tertiary/aromatic N) is 2. The average Bonchev–Trinajstić information content (AvgIpc) is 3.40. The molecule has 1 aliphatic rings. The maximum absolute atomic E-state index is 14.0. The van der Waals surface area contributed by atoms with Crippen molar-refractivity contribution >= 4 is 17.8 Å². The zero-order valence-corrected chi connectivity index (χ0v) is 21.5. The maximum atomic E-state index is 14.0. The van der Waals surface area contributed by atoms with Gasteiger partial charge in [-0.25, -0.2) is 8.78 Å². The lowest BCUT2D eigenvalue weighted by Gasteiger charge is -2.32. The van der Waals surface area contributed by atoms with Crippen molar-refractivity contribution < 1.29 is 51.0 Å². The summed E-state index contributed by atoms with van der Waals surface area (Å²) in [6.07, 6.45) is -0.424. The largest absolute Gasteiger partial charge is 0.485 e. The Morgan fingerprint density at radius 1 is 1.15 bits per heavy atom. The topological polar surface area (TPSA) is 131 Å². The first kappa shape index (κ1) is 29.9. The summed E-state index contributed by atoms with van der Waals surface area (Å²) >= 11 is 0. The van der Waals surface area contributed by atoms with Gasteiger partial charge in [-0.3, -0.25) is 14.4 Å². The predicted octanol–water partition coefficient (Wildman–Crippen LogP) is 2.74. The fourth-order valence-electron chi connectivity index (χ4n) is 3.94. The van der Waals surface area contributed by atoms with Crippen LogP contribution in [-0.4, -0.2) is 70.4 Å². The van der Waals surface area contributed by atoms with Crippen LogP contribution >= 0.6 is 0 Å². The first-order chi connectivity index (χ1) is 18.3. The highest BCUT2D eigenvalue weighted by molar-refractivity contribution is 5.91. The molecule has 2 heterocycles. The number of carbonyl (C=O) groups excluding carboxylic acids is 3. The van der Waals surface area contributed by atoms with Gasteiger partial charge in [0.15, 0.2) is 17.4 Å². The van der Waals surface area contributed by atoms with Crippen molar-refractivity contribution in [1.82, 2.24) is 15.4 Å². The molecule has 1 aromatic heterocycles. The van der Waals surface area contributed by atoms with Gasteiger partial charge in [0.2, 0.25) is 23.3 Å². The number of hydrogen-bond donors (Lipinski definition) is 2. The van der Waals surface area contributed by atoms with Gasteiger partial charge in [0, 0.05) is 31.1 Å². The minimum absolute atomic E-state index is 0.00383. The van der Waals surface area contributed by atoms with Crippen LogP contribution in [0.25, 0.3) is 0 Å². The lowest BCUT2D eigenvalue weighted by Crippen LogP contribution is -2.51. The van der Waals surface area contributed by atoms with Gasteiger partial charge in [-0.15, -0.1) is 0 Å². The second-order valence-electron chi connectivity index (χ2n) is 10.0. The quantitative estimate of drug-likeness (QED) is 0.273. The smallest absolute Gasteiger partial charge is 0.308 e. The molecular weight excluding hydrogens is 530 g/mol. The molecule has 2 amide bonds. The lowest BCUT2D eigenvalue weighted by atomic mass is 9.94. The summed E-state index contributed by atoms with van der Waals surface area (Å²) in [7, 11) is 0. The normalized spacial score (nSPS) is 15.9. The van der Waals surface area contributed by atoms with Crippen molar-refractivity contribution in [2.24, 2.45) is 5.92 Å². The Labute approximate surface area is 221 Å². The molecule has 0 aliphatic carbocycles. The van der Waals surface area contributed by atoms with Crippen LogP contribution in [0, 0.1) is 29.2 Å². The number of piperidine rings is 1. The monoisotopic (exact) mass is 559 g/mol. The van der Waals surface area contributed by atoms with E-state index in [-0.39, 0.29) is 43.7 Å². The third kappa shape index (κ3) is 7.91. The Morgan fingerprint density at radius 2 is 1.77 bits per heavy atom. The average molecular weight is 560 g/mol. The number of esters is 1. The zero-order chi connectivity index (χ0) is 28.9. The van der Waals surface area contributed by atoms with Gasteiger partial charge < -0.3 is 29.3 Å². The Kier molecular flexibility index (Phi) is 9.54. The summed E-state index contributed by atoms with van der Waals surface area (Å²) in [6, 6.07) is 0.0804. The fourth-order valence-corrected chi connectivity index (χ4v) is 3.94. The van der Waals surface area contributed by atoms with Crippen molar-refractivity contribution in [1.29, 1.82) is 0 Å². The fraction of sp³-hybridized carbons (Fsp3) is 0.520. The molecule has 1 fully saturated rings. The highest BCUT2D eigenvalue weighted by atomic mass is 19.2. The Bertz CT molecular complexity index is 1150. The number of likely N-dealkylation sites (tertiary alicyclic amines) is 1. The summed E-state index contributed by atoms with van der Waals surface area (Å²) < 4.78 is 69.8. The standard InChI is InChI=1S/C25H29F4N3O7/c1-25(2,3)38-19(34)11-16(17(33)12-37-22-20(28)14(26)10-15(27)21(22)29)31-23(35)13-5-8-32(9-6-13)24(36)18-4-7-30-39-18/h4,7,10,13,16-17,33H,5-6,8-9,11-12H2,1-3H3,(H,31,35)/t16-,17?/m0/s1. The van der Waals surface area contributed by atoms with E-state index in [1.54, 1.807) is 20.8 Å². The molecule has 1 aromatic carbocycles. The summed E-state index contributed by atoms with van der Waals surface area (Å²) in [5, 5.41) is 16.7. The molecule has 0 spiro atoms. The highest BCUT2D eigenvalue weighted by Gasteiger charge is 2.33. The number of aliphatic hydroxyl groups is 1. The van der Waals surface area contributed by atoms with Gasteiger partial charge in [0.05, 0.1) is 18.7 Å². The molecular formula is C25H29F4N3O7. The molecule has 0 radical (unpaired) electrons. The second kappa shape index (κ2) is 12.5. The van der Waals surface area contributed by atoms with E-state index in [0.717, 1.165) is 0 Å². The molecule has 1 saturated heterocycles. The molecule has 14 heteroatoms. The number of hydrogen-bond acceptors (Lipinski definition) is 8. The number of aromatic nitrogens is 1. The van der Waals surface area contributed by atoms with Crippen LogP contribution in [0.2, 0.25) is 0 Å². The number of amides is 2. The Hall–Kier alpha value is -3.68. The number of benzene rings is 1. The van der Waals surface area contributed by atoms with E-state index >= 15 is 0 Å². The van der Waals surface area contributed by atoms with Gasteiger partial charge in [0.1, 0.15) is 18.3 Å². The van der Waals surface area contributed by atoms with Crippen molar-refractivity contribution in [3.8, 4) is 5.75 Å². The summed E-state index contributed by atoms with van der Waals surface area (Å²) in [5.74, 6) is -10.7. The molecule has 10 nitrogen and oxygen atoms in total. The van der Waals surface area contributed by atoms with Crippen LogP contribution < -0.4 is 10.1 Å². The van der Waals surface area contributed by atoms with Gasteiger partial charge in [-0.05, 0) is 33.6 Å². The summed E-state index contributed by atoms with van der Waals surface area (Å²) in [6.45, 7) is 4.35. The molecule has 39 heavy (non-hydrogen) atoms. The van der Waals surface area contributed by atoms with Crippen LogP contribution in [0.3, 0.4) is 0 Å². The molecule has 214 valence electrons. The van der Waals surface area contributed by atoms with Crippen LogP contribution in [0.5, 0.6) is 5.75 Å². The number of rotatable bonds is 9. The van der Waals surface area contributed by atoms with Gasteiger partial charge in [0.25, 0.3) is 5.91 Å². The lowest BCUT2D eigenvalue weighted by molar-refractivity contribution is -0.156. The van der Waals surface area contributed by atoms with E-state index in [1.165, 1.54) is 17.2 Å². The molecule has 1 unspecified atom stereocenters. The number of carbonyl (C=O) groups is 3. The van der Waals surface area contributed by atoms with Crippen molar-refractivity contribution in [3.63, 3.8) is 0 Å². The van der Waals surface area contributed by atoms with Crippen LogP contribution in [0.1, 0.15) is 50.6 Å². The summed E-state index contributed by atoms with van der Waals surface area (Å²) in [4.78, 5) is 39.3. The minimum Gasteiger partial charge on any atom is -0.485 e. The van der Waals surface area contributed by atoms with E-state index in [0.29, 0.717) is 0 Å². The number of aliphatic hydroxyl groups excluding tert-OH is 1. The van der Waals surface area contributed by atoms with E-state index in [4.69, 9.17) is 14.0 Å². The Balaban J connectivity index is 1.66. The molecule has 0 bridgehead atoms. The number of halogens is 4. The number of ether oxygens (including phenoxy) is 2. The van der Waals surface area contributed by atoms with Crippen LogP contribution in [0.4, 0.5) is 17.6 Å². The predicted molar refractivity (Wildman–Crippen MR) is 125 cm³/mol. The minimum atomic E-state index is -1.81. The van der Waals surface area contributed by atoms with E-state index in [2.05, 4.69) is 10.5 Å². The first-order valence-corrected chi connectivity index (χ1v) is 12.1. The molecule has 2 atom stereocenters. The molecule has 1 aliphatic heterocycles. The van der Waals surface area contributed by atoms with E-state index in [1.807, 2.05) is 0 Å². The van der Waals surface area contributed by atoms with Crippen molar-refractivity contribution in [2.75, 3.05) is 19.7 Å². The van der Waals surface area contributed by atoms with Gasteiger partial charge in [-0.2, -0.15) is 8.78 Å². The van der Waals surface area contributed by atoms with Crippen LogP contribution in [-0.2, 0) is 14.3 Å². The molecule has 2 N–H and O–H groups in total. The third-order valence-electron chi connectivity index (χ3n) is 5.87. The SMILES string of the molecule is CC(C)(C)OC(=O)C[C@H](NC(=O)C1CCN(C(=O)c2ccno2)CC1)C(O)COc1c(F)c(F)cc(F)c1F. The second-order valence-corrected chi connectivity index (χ2v) is 10.0. The van der Waals surface area contributed by atoms with Crippen molar-refractivity contribution in [3.05, 3.63) is 47.4 Å². The molecule has 0 saturated carbocycles. The van der Waals surface area contributed by atoms with E-state index < -0.39 is 77.6 Å². The first-order valence-electron chi connectivity index (χ1n) is 12.1. The maximum Gasteiger partial charge on any atom is 0.308 e. The zero-order valence-electron chi connectivity index (χ0n) is 21.5. The molecule has 2 aromatic rings. The van der Waals surface area contributed by atoms with Crippen molar-refractivity contribution in [2.45, 2.75) is 57.8 Å². The van der Waals surface area contributed by atoms with Crippen LogP contribution in [0.15, 0.2) is 22.9 Å². The molecule has 3 rings (SSSR count). The van der Waals surface area contributed by atoms with E-state index in [9.17, 15) is 37.1 Å².